The monoisotopic (exact) mass is 312 g/mol. The van der Waals surface area contributed by atoms with Crippen molar-refractivity contribution in [1.29, 1.82) is 0 Å². The third-order valence-corrected chi connectivity index (χ3v) is 4.21. The van der Waals surface area contributed by atoms with Gasteiger partial charge >= 0.3 is 95.3 Å². The molecule has 0 aromatic heterocycles. The summed E-state index contributed by atoms with van der Waals surface area (Å²) in [7, 11) is 0. The van der Waals surface area contributed by atoms with Gasteiger partial charge in [0, 0.05) is 0 Å². The van der Waals surface area contributed by atoms with Crippen LogP contribution in [0.2, 0.25) is 0 Å². The van der Waals surface area contributed by atoms with Crippen LogP contribution in [0, 0.1) is 0 Å². The maximum atomic E-state index is 12.5. The molecule has 2 nitrogen and oxygen atoms in total. The first kappa shape index (κ1) is 10.8. The summed E-state index contributed by atoms with van der Waals surface area (Å²) >= 11 is -0.0997. The van der Waals surface area contributed by atoms with Crippen molar-refractivity contribution in [3.63, 3.8) is 0 Å². The molecule has 2 aliphatic rings. The number of alkyl halides is 1. The predicted molar refractivity (Wildman–Crippen MR) is 49.2 cm³/mol. The molecule has 82 valence electrons. The summed E-state index contributed by atoms with van der Waals surface area (Å²) < 4.78 is 18.1. The van der Waals surface area contributed by atoms with E-state index in [0.717, 1.165) is 38.0 Å². The second-order valence-corrected chi connectivity index (χ2v) is 5.60. The van der Waals surface area contributed by atoms with E-state index in [-0.39, 0.29) is 27.2 Å². The van der Waals surface area contributed by atoms with Gasteiger partial charge in [-0.05, 0) is 0 Å². The Labute approximate surface area is 95.3 Å². The molecule has 0 radical (unpaired) electrons. The third kappa shape index (κ3) is 1.84. The van der Waals surface area contributed by atoms with Gasteiger partial charge in [-0.2, -0.15) is 0 Å². The Morgan fingerprint density at radius 3 is 3.29 bits per heavy atom. The van der Waals surface area contributed by atoms with Crippen molar-refractivity contribution >= 4 is 0 Å². The maximum absolute atomic E-state index is 12.5. The van der Waals surface area contributed by atoms with Crippen LogP contribution >= 0.6 is 0 Å². The van der Waals surface area contributed by atoms with Crippen LogP contribution in [0.4, 0.5) is 4.39 Å². The summed E-state index contributed by atoms with van der Waals surface area (Å²) in [4.78, 5) is 4.52. The van der Waals surface area contributed by atoms with Crippen molar-refractivity contribution in [2.24, 2.45) is 0 Å². The number of hydrogen-bond acceptors (Lipinski definition) is 2. The van der Waals surface area contributed by atoms with Gasteiger partial charge < -0.3 is 0 Å². The number of halogens is 2. The zero-order valence-electron chi connectivity index (χ0n) is 8.43. The molecular weight excluding hydrogens is 296 g/mol. The van der Waals surface area contributed by atoms with E-state index in [1.165, 1.54) is 12.8 Å². The minimum absolute atomic E-state index is 0.0997. The van der Waals surface area contributed by atoms with Crippen molar-refractivity contribution < 1.29 is 29.1 Å². The molecule has 0 spiro atoms. The first-order chi connectivity index (χ1) is 6.80. The quantitative estimate of drug-likeness (QED) is 0.476. The van der Waals surface area contributed by atoms with Crippen LogP contribution < -0.4 is 21.6 Å². The van der Waals surface area contributed by atoms with E-state index < -0.39 is 0 Å². The van der Waals surface area contributed by atoms with Gasteiger partial charge in [-0.3, -0.25) is 0 Å². The normalized spacial score (nSPS) is 35.7. The molecule has 0 aromatic carbocycles. The summed E-state index contributed by atoms with van der Waals surface area (Å²) in [5.41, 5.74) is 1.11. The van der Waals surface area contributed by atoms with Crippen molar-refractivity contribution in [1.82, 2.24) is 4.90 Å². The number of fused-ring (bicyclic) bond motifs is 1. The molecule has 2 fully saturated rings. The van der Waals surface area contributed by atoms with E-state index in [2.05, 4.69) is 9.83 Å². The van der Waals surface area contributed by atoms with Crippen LogP contribution in [-0.2, 0) is 3.07 Å². The molecule has 4 heteroatoms. The minimum atomic E-state index is -0.0997. The van der Waals surface area contributed by atoms with Crippen LogP contribution in [0.15, 0.2) is 11.9 Å². The number of nitrogens with zero attached hydrogens (tertiary/aromatic N) is 1. The molecule has 14 heavy (non-hydrogen) atoms. The molecule has 0 aliphatic carbocycles. The Kier molecular flexibility index (Phi) is 3.44. The van der Waals surface area contributed by atoms with E-state index in [0.29, 0.717) is 0 Å². The van der Waals surface area contributed by atoms with Gasteiger partial charge in [0.25, 0.3) is 0 Å². The molecule has 0 amide bonds. The second kappa shape index (κ2) is 4.45. The number of rotatable bonds is 3. The molecule has 0 bridgehead atoms. The van der Waals surface area contributed by atoms with E-state index in [1.807, 2.05) is 0 Å². The fraction of sp³-hybridized carbons (Fsp3) is 0.800. The van der Waals surface area contributed by atoms with Gasteiger partial charge in [0.05, 0.1) is 0 Å². The second-order valence-electron chi connectivity index (χ2n) is 4.10. The fourth-order valence-corrected chi connectivity index (χ4v) is 3.50. The molecule has 1 atom stereocenters. The molecule has 0 aromatic rings. The Morgan fingerprint density at radius 2 is 2.57 bits per heavy atom. The Balaban J connectivity index is 2.06. The Hall–Kier alpha value is 0.320. The van der Waals surface area contributed by atoms with E-state index in [9.17, 15) is 4.39 Å². The van der Waals surface area contributed by atoms with Crippen LogP contribution in [0.3, 0.4) is 0 Å². The van der Waals surface area contributed by atoms with Gasteiger partial charge in [0.1, 0.15) is 0 Å². The third-order valence-electron chi connectivity index (χ3n) is 3.28. The molecular formula is C10H16FINO-. The average Bonchev–Trinajstić information content (AvgIpc) is 2.70. The first-order valence-corrected chi connectivity index (χ1v) is 7.99. The van der Waals surface area contributed by atoms with Crippen LogP contribution in [-0.4, -0.2) is 35.1 Å². The Bertz CT molecular complexity index is 246. The molecule has 2 rings (SSSR count). The van der Waals surface area contributed by atoms with Crippen molar-refractivity contribution in [2.75, 3.05) is 24.6 Å². The zero-order chi connectivity index (χ0) is 10.0. The number of hydrogen-bond donors (Lipinski definition) is 0. The summed E-state index contributed by atoms with van der Waals surface area (Å²) in [6, 6.07) is 0. The molecule has 2 aliphatic heterocycles. The van der Waals surface area contributed by atoms with Gasteiger partial charge in [-0.25, -0.2) is 0 Å². The van der Waals surface area contributed by atoms with Crippen LogP contribution in [0.25, 0.3) is 0 Å². The van der Waals surface area contributed by atoms with Crippen LogP contribution in [0.5, 0.6) is 0 Å². The predicted octanol–water partition coefficient (Wildman–Crippen LogP) is -1.27. The van der Waals surface area contributed by atoms with E-state index >= 15 is 0 Å². The topological polar surface area (TPSA) is 12.5 Å². The summed E-state index contributed by atoms with van der Waals surface area (Å²) in [5.74, 6) is 0. The zero-order valence-corrected chi connectivity index (χ0v) is 10.6. The van der Waals surface area contributed by atoms with Crippen LogP contribution in [0.1, 0.15) is 19.3 Å². The van der Waals surface area contributed by atoms with Gasteiger partial charge in [-0.15, -0.1) is 0 Å². The molecule has 2 heterocycles. The summed E-state index contributed by atoms with van der Waals surface area (Å²) in [6.45, 7) is 2.75. The van der Waals surface area contributed by atoms with E-state index in [1.54, 1.807) is 0 Å². The molecule has 0 saturated carbocycles. The fourth-order valence-electron chi connectivity index (χ4n) is 2.61. The summed E-state index contributed by atoms with van der Waals surface area (Å²) in [6.07, 6.45) is 4.09. The van der Waals surface area contributed by atoms with Crippen molar-refractivity contribution in [3.05, 3.63) is 11.9 Å². The van der Waals surface area contributed by atoms with E-state index in [4.69, 9.17) is 3.07 Å². The van der Waals surface area contributed by atoms with Gasteiger partial charge in [0.15, 0.2) is 0 Å². The summed E-state index contributed by atoms with van der Waals surface area (Å²) in [5, 5.41) is 0. The van der Waals surface area contributed by atoms with Gasteiger partial charge in [-0.1, -0.05) is 0 Å². The van der Waals surface area contributed by atoms with Crippen molar-refractivity contribution in [3.8, 4) is 0 Å². The SMILES string of the molecule is C[I-]OC[C@@]12CCCN1C/C(=C\F)C2. The standard InChI is InChI=1S/C10H16FINO/c1-12-14-8-10-3-2-4-13(10)7-9(5-10)6-11/h6H,2-5,7-8H2,1H3/q-1/b9-6-/t10-/m0/s1. The Morgan fingerprint density at radius 1 is 1.71 bits per heavy atom. The molecule has 0 N–H and O–H groups in total. The van der Waals surface area contributed by atoms with Crippen molar-refractivity contribution in [2.45, 2.75) is 24.8 Å². The molecule has 0 unspecified atom stereocenters. The molecule has 2 saturated heterocycles. The first-order valence-electron chi connectivity index (χ1n) is 4.95. The average molecular weight is 312 g/mol. The van der Waals surface area contributed by atoms with Gasteiger partial charge in [0.2, 0.25) is 0 Å².